The van der Waals surface area contributed by atoms with E-state index in [-0.39, 0.29) is 24.2 Å². The van der Waals surface area contributed by atoms with Gasteiger partial charge < -0.3 is 21.5 Å². The first-order valence-corrected chi connectivity index (χ1v) is 6.51. The third-order valence-electron chi connectivity index (χ3n) is 3.11. The Morgan fingerprint density at radius 3 is 2.45 bits per heavy atom. The van der Waals surface area contributed by atoms with Crippen LogP contribution in [0, 0.1) is 11.2 Å². The highest BCUT2D eigenvalue weighted by Crippen LogP contribution is 2.19. The summed E-state index contributed by atoms with van der Waals surface area (Å²) in [6.45, 7) is 3.24. The lowest BCUT2D eigenvalue weighted by Gasteiger charge is -2.19. The fourth-order valence-corrected chi connectivity index (χ4v) is 1.56. The number of nitrogens with two attached hydrogens (primary N) is 1. The maximum absolute atomic E-state index is 13.5. The van der Waals surface area contributed by atoms with E-state index in [1.807, 2.05) is 0 Å². The van der Waals surface area contributed by atoms with E-state index in [0.29, 0.717) is 0 Å². The predicted molar refractivity (Wildman–Crippen MR) is 78.0 cm³/mol. The number of hydrogen-bond donors (Lipinski definition) is 4. The Balaban J connectivity index is 2.54. The summed E-state index contributed by atoms with van der Waals surface area (Å²) in [5.41, 5.74) is 3.90. The minimum atomic E-state index is -0.959. The first-order valence-electron chi connectivity index (χ1n) is 6.51. The van der Waals surface area contributed by atoms with Gasteiger partial charge in [0.1, 0.15) is 5.82 Å². The largest absolute Gasteiger partial charge is 0.481 e. The van der Waals surface area contributed by atoms with Gasteiger partial charge in [-0.05, 0) is 38.5 Å². The smallest absolute Gasteiger partial charge is 0.319 e. The molecular formula is C14H18FN3O4. The molecule has 0 spiro atoms. The molecule has 5 N–H and O–H groups in total. The fraction of sp³-hybridized carbons (Fsp3) is 0.357. The van der Waals surface area contributed by atoms with Crippen LogP contribution >= 0.6 is 0 Å². The molecule has 0 aromatic heterocycles. The number of rotatable bonds is 6. The second-order valence-electron chi connectivity index (χ2n) is 5.38. The second kappa shape index (κ2) is 6.88. The molecule has 0 saturated heterocycles. The van der Waals surface area contributed by atoms with Gasteiger partial charge in [-0.3, -0.25) is 9.59 Å². The molecular weight excluding hydrogens is 293 g/mol. The molecule has 0 aliphatic carbocycles. The van der Waals surface area contributed by atoms with E-state index < -0.39 is 29.1 Å². The third kappa shape index (κ3) is 4.72. The van der Waals surface area contributed by atoms with E-state index in [2.05, 4.69) is 10.6 Å². The average Bonchev–Trinajstić information content (AvgIpc) is 2.37. The topological polar surface area (TPSA) is 122 Å². The summed E-state index contributed by atoms with van der Waals surface area (Å²) >= 11 is 0. The van der Waals surface area contributed by atoms with Crippen LogP contribution < -0.4 is 16.4 Å². The molecule has 0 aliphatic heterocycles. The molecule has 1 aromatic rings. The van der Waals surface area contributed by atoms with Crippen LogP contribution in [0.5, 0.6) is 0 Å². The number of aliphatic carboxylic acids is 1. The minimum absolute atomic E-state index is 0.146. The van der Waals surface area contributed by atoms with Gasteiger partial charge in [-0.15, -0.1) is 0 Å². The van der Waals surface area contributed by atoms with Crippen molar-refractivity contribution in [3.63, 3.8) is 0 Å². The maximum Gasteiger partial charge on any atom is 0.319 e. The lowest BCUT2D eigenvalue weighted by Crippen LogP contribution is -2.34. The normalized spacial score (nSPS) is 10.9. The maximum atomic E-state index is 13.5. The van der Waals surface area contributed by atoms with E-state index >= 15 is 0 Å². The standard InChI is InChI=1S/C14H18FN3O4/c1-14(2,12(20)21)5-6-17-13(22)18-8-3-4-9(11(16)19)10(15)7-8/h3-4,7H,5-6H2,1-2H3,(H2,16,19)(H,20,21)(H2,17,18,22). The Morgan fingerprint density at radius 1 is 1.32 bits per heavy atom. The summed E-state index contributed by atoms with van der Waals surface area (Å²) in [7, 11) is 0. The van der Waals surface area contributed by atoms with Crippen molar-refractivity contribution in [1.29, 1.82) is 0 Å². The number of hydrogen-bond acceptors (Lipinski definition) is 3. The van der Waals surface area contributed by atoms with Gasteiger partial charge in [-0.25, -0.2) is 9.18 Å². The zero-order valence-corrected chi connectivity index (χ0v) is 12.3. The molecule has 1 rings (SSSR count). The van der Waals surface area contributed by atoms with Crippen molar-refractivity contribution < 1.29 is 23.9 Å². The van der Waals surface area contributed by atoms with Crippen molar-refractivity contribution in [1.82, 2.24) is 5.32 Å². The Bertz CT molecular complexity index is 602. The molecule has 120 valence electrons. The molecule has 7 nitrogen and oxygen atoms in total. The predicted octanol–water partition coefficient (Wildman–Crippen LogP) is 1.55. The molecule has 0 radical (unpaired) electrons. The van der Waals surface area contributed by atoms with E-state index in [9.17, 15) is 18.8 Å². The molecule has 0 saturated carbocycles. The molecule has 0 bridgehead atoms. The van der Waals surface area contributed by atoms with Crippen molar-refractivity contribution in [2.75, 3.05) is 11.9 Å². The summed E-state index contributed by atoms with van der Waals surface area (Å²) in [4.78, 5) is 33.4. The number of carbonyl (C=O) groups is 3. The van der Waals surface area contributed by atoms with E-state index in [1.54, 1.807) is 13.8 Å². The van der Waals surface area contributed by atoms with Gasteiger partial charge >= 0.3 is 12.0 Å². The van der Waals surface area contributed by atoms with Crippen LogP contribution in [0.4, 0.5) is 14.9 Å². The second-order valence-corrected chi connectivity index (χ2v) is 5.38. The van der Waals surface area contributed by atoms with Crippen LogP contribution in [0.2, 0.25) is 0 Å². The van der Waals surface area contributed by atoms with Gasteiger partial charge in [-0.1, -0.05) is 0 Å². The number of halogens is 1. The molecule has 0 heterocycles. The number of anilines is 1. The van der Waals surface area contributed by atoms with Crippen molar-refractivity contribution in [3.05, 3.63) is 29.6 Å². The highest BCUT2D eigenvalue weighted by Gasteiger charge is 2.26. The highest BCUT2D eigenvalue weighted by molar-refractivity contribution is 5.94. The number of benzene rings is 1. The number of amides is 3. The van der Waals surface area contributed by atoms with E-state index in [4.69, 9.17) is 10.8 Å². The first-order chi connectivity index (χ1) is 10.1. The van der Waals surface area contributed by atoms with Crippen LogP contribution in [-0.2, 0) is 4.79 Å². The summed E-state index contributed by atoms with van der Waals surface area (Å²) in [6, 6.07) is 2.87. The number of carboxylic acid groups (broad SMARTS) is 1. The molecule has 22 heavy (non-hydrogen) atoms. The number of carboxylic acids is 1. The van der Waals surface area contributed by atoms with Gasteiger partial charge in [0, 0.05) is 12.2 Å². The Hall–Kier alpha value is -2.64. The summed E-state index contributed by atoms with van der Waals surface area (Å²) in [6.07, 6.45) is 0.241. The molecule has 3 amide bonds. The summed E-state index contributed by atoms with van der Waals surface area (Å²) in [5.74, 6) is -2.69. The van der Waals surface area contributed by atoms with Crippen LogP contribution in [0.3, 0.4) is 0 Å². The van der Waals surface area contributed by atoms with E-state index in [1.165, 1.54) is 12.1 Å². The average molecular weight is 311 g/mol. The van der Waals surface area contributed by atoms with Crippen LogP contribution in [0.1, 0.15) is 30.6 Å². The highest BCUT2D eigenvalue weighted by atomic mass is 19.1. The van der Waals surface area contributed by atoms with Crippen LogP contribution in [0.15, 0.2) is 18.2 Å². The van der Waals surface area contributed by atoms with Gasteiger partial charge in [0.2, 0.25) is 0 Å². The zero-order chi connectivity index (χ0) is 16.9. The first kappa shape index (κ1) is 17.4. The van der Waals surface area contributed by atoms with Gasteiger partial charge in [0.15, 0.2) is 0 Å². The summed E-state index contributed by atoms with van der Waals surface area (Å²) in [5, 5.41) is 13.8. The van der Waals surface area contributed by atoms with E-state index in [0.717, 1.165) is 6.07 Å². The van der Waals surface area contributed by atoms with Crippen molar-refractivity contribution in [3.8, 4) is 0 Å². The van der Waals surface area contributed by atoms with Gasteiger partial charge in [-0.2, -0.15) is 0 Å². The Labute approximate surface area is 126 Å². The monoisotopic (exact) mass is 311 g/mol. The molecule has 0 atom stereocenters. The quantitative estimate of drug-likeness (QED) is 0.636. The summed E-state index contributed by atoms with van der Waals surface area (Å²) < 4.78 is 13.5. The van der Waals surface area contributed by atoms with Crippen LogP contribution in [-0.4, -0.2) is 29.6 Å². The number of nitrogens with one attached hydrogen (secondary N) is 2. The molecule has 0 unspecified atom stereocenters. The van der Waals surface area contributed by atoms with Gasteiger partial charge in [0.05, 0.1) is 11.0 Å². The van der Waals surface area contributed by atoms with Crippen molar-refractivity contribution in [2.45, 2.75) is 20.3 Å². The zero-order valence-electron chi connectivity index (χ0n) is 12.3. The number of carbonyl (C=O) groups excluding carboxylic acids is 2. The Kier molecular flexibility index (Phi) is 5.44. The van der Waals surface area contributed by atoms with Gasteiger partial charge in [0.25, 0.3) is 5.91 Å². The van der Waals surface area contributed by atoms with Crippen LogP contribution in [0.25, 0.3) is 0 Å². The lowest BCUT2D eigenvalue weighted by atomic mass is 9.90. The molecule has 1 aromatic carbocycles. The molecule has 8 heteroatoms. The van der Waals surface area contributed by atoms with Crippen molar-refractivity contribution >= 4 is 23.6 Å². The molecule has 0 fully saturated rings. The molecule has 0 aliphatic rings. The third-order valence-corrected chi connectivity index (χ3v) is 3.11. The Morgan fingerprint density at radius 2 is 1.95 bits per heavy atom. The SMILES string of the molecule is CC(C)(CCNC(=O)Nc1ccc(C(N)=O)c(F)c1)C(=O)O. The number of primary amides is 1. The van der Waals surface area contributed by atoms with Crippen molar-refractivity contribution in [2.24, 2.45) is 11.1 Å². The minimum Gasteiger partial charge on any atom is -0.481 e. The fourth-order valence-electron chi connectivity index (χ4n) is 1.56. The lowest BCUT2D eigenvalue weighted by molar-refractivity contribution is -0.147. The number of urea groups is 1.